The van der Waals surface area contributed by atoms with E-state index in [9.17, 15) is 8.42 Å². The Balaban J connectivity index is 1.69. The standard InChI is InChI=1S/C21H20N2O4S/c24-28(25,17-10-11-19-20(15-17)27-14-6-13-26-19)23-21(16-7-2-1-3-8-16)18-9-4-5-12-22-18/h1-5,7-12,15,21,23H,6,13-14H2/t21-/m1/s1. The summed E-state index contributed by atoms with van der Waals surface area (Å²) in [5.74, 6) is 0.996. The van der Waals surface area contributed by atoms with Gasteiger partial charge in [-0.05, 0) is 29.8 Å². The molecule has 1 aliphatic heterocycles. The molecule has 0 unspecified atom stereocenters. The van der Waals surface area contributed by atoms with Crippen LogP contribution in [0.15, 0.2) is 77.8 Å². The summed E-state index contributed by atoms with van der Waals surface area (Å²) < 4.78 is 40.2. The van der Waals surface area contributed by atoms with E-state index in [0.717, 1.165) is 12.0 Å². The zero-order valence-electron chi connectivity index (χ0n) is 15.1. The Hall–Kier alpha value is -2.90. The molecule has 7 heteroatoms. The van der Waals surface area contributed by atoms with E-state index >= 15 is 0 Å². The number of nitrogens with one attached hydrogen (secondary N) is 1. The van der Waals surface area contributed by atoms with E-state index in [4.69, 9.17) is 9.47 Å². The van der Waals surface area contributed by atoms with Crippen LogP contribution in [0.4, 0.5) is 0 Å². The van der Waals surface area contributed by atoms with E-state index in [-0.39, 0.29) is 4.90 Å². The number of pyridine rings is 1. The number of aromatic nitrogens is 1. The largest absolute Gasteiger partial charge is 0.490 e. The molecule has 28 heavy (non-hydrogen) atoms. The van der Waals surface area contributed by atoms with Gasteiger partial charge in [0.15, 0.2) is 11.5 Å². The van der Waals surface area contributed by atoms with E-state index in [2.05, 4.69) is 9.71 Å². The van der Waals surface area contributed by atoms with Gasteiger partial charge in [0.05, 0.1) is 29.8 Å². The van der Waals surface area contributed by atoms with Crippen LogP contribution < -0.4 is 14.2 Å². The highest BCUT2D eigenvalue weighted by Crippen LogP contribution is 2.32. The monoisotopic (exact) mass is 396 g/mol. The van der Waals surface area contributed by atoms with Gasteiger partial charge in [-0.2, -0.15) is 4.72 Å². The Kier molecular flexibility index (Phi) is 5.27. The number of sulfonamides is 1. The third-order valence-corrected chi connectivity index (χ3v) is 5.84. The molecule has 1 N–H and O–H groups in total. The number of benzene rings is 2. The molecule has 0 bridgehead atoms. The molecule has 0 spiro atoms. The minimum Gasteiger partial charge on any atom is -0.490 e. The highest BCUT2D eigenvalue weighted by molar-refractivity contribution is 7.89. The Morgan fingerprint density at radius 2 is 1.64 bits per heavy atom. The number of nitrogens with zero attached hydrogens (tertiary/aromatic N) is 1. The Bertz CT molecular complexity index is 1000. The number of hydrogen-bond acceptors (Lipinski definition) is 5. The minimum atomic E-state index is -3.83. The van der Waals surface area contributed by atoms with Crippen molar-refractivity contribution in [2.75, 3.05) is 13.2 Å². The summed E-state index contributed by atoms with van der Waals surface area (Å²) in [6.45, 7) is 1.04. The maximum atomic E-state index is 13.1. The molecule has 2 aromatic carbocycles. The van der Waals surface area contributed by atoms with Crippen molar-refractivity contribution in [2.45, 2.75) is 17.4 Å². The summed E-state index contributed by atoms with van der Waals surface area (Å²) >= 11 is 0. The molecule has 1 aromatic heterocycles. The quantitative estimate of drug-likeness (QED) is 0.716. The molecule has 0 saturated carbocycles. The molecule has 1 aliphatic rings. The summed E-state index contributed by atoms with van der Waals surface area (Å²) in [5.41, 5.74) is 1.42. The zero-order chi connectivity index (χ0) is 19.4. The van der Waals surface area contributed by atoms with E-state index in [1.165, 1.54) is 12.1 Å². The van der Waals surface area contributed by atoms with Crippen molar-refractivity contribution in [2.24, 2.45) is 0 Å². The Morgan fingerprint density at radius 3 is 2.39 bits per heavy atom. The smallest absolute Gasteiger partial charge is 0.241 e. The van der Waals surface area contributed by atoms with Gasteiger partial charge in [0.2, 0.25) is 10.0 Å². The normalized spacial score (nSPS) is 14.9. The van der Waals surface area contributed by atoms with Gasteiger partial charge < -0.3 is 9.47 Å². The lowest BCUT2D eigenvalue weighted by Crippen LogP contribution is -2.30. The number of ether oxygens (including phenoxy) is 2. The van der Waals surface area contributed by atoms with Crippen LogP contribution >= 0.6 is 0 Å². The fraction of sp³-hybridized carbons (Fsp3) is 0.190. The number of fused-ring (bicyclic) bond motifs is 1. The van der Waals surface area contributed by atoms with Gasteiger partial charge in [-0.25, -0.2) is 8.42 Å². The second kappa shape index (κ2) is 8.00. The van der Waals surface area contributed by atoms with E-state index in [0.29, 0.717) is 30.4 Å². The average molecular weight is 396 g/mol. The number of hydrogen-bond donors (Lipinski definition) is 1. The molecule has 1 atom stereocenters. The predicted octanol–water partition coefficient (Wildman–Crippen LogP) is 3.31. The summed E-state index contributed by atoms with van der Waals surface area (Å²) in [6, 6.07) is 18.8. The molecule has 0 radical (unpaired) electrons. The van der Waals surface area contributed by atoms with Crippen LogP contribution in [-0.2, 0) is 10.0 Å². The number of rotatable bonds is 5. The molecule has 0 fully saturated rings. The first-order chi connectivity index (χ1) is 13.6. The van der Waals surface area contributed by atoms with Crippen molar-refractivity contribution >= 4 is 10.0 Å². The predicted molar refractivity (Wildman–Crippen MR) is 105 cm³/mol. The molecule has 0 amide bonds. The highest BCUT2D eigenvalue weighted by atomic mass is 32.2. The first kappa shape index (κ1) is 18.5. The summed E-state index contributed by atoms with van der Waals surface area (Å²) in [4.78, 5) is 4.46. The Labute approximate surface area is 164 Å². The molecular formula is C21H20N2O4S. The van der Waals surface area contributed by atoms with Gasteiger partial charge in [-0.3, -0.25) is 4.98 Å². The second-order valence-corrected chi connectivity index (χ2v) is 8.09. The summed E-state index contributed by atoms with van der Waals surface area (Å²) in [5, 5.41) is 0. The summed E-state index contributed by atoms with van der Waals surface area (Å²) in [7, 11) is -3.83. The fourth-order valence-electron chi connectivity index (χ4n) is 3.03. The van der Waals surface area contributed by atoms with Gasteiger partial charge in [0.25, 0.3) is 0 Å². The van der Waals surface area contributed by atoms with Crippen molar-refractivity contribution in [3.05, 3.63) is 84.2 Å². The molecule has 4 rings (SSSR count). The molecule has 0 aliphatic carbocycles. The van der Waals surface area contributed by atoms with Crippen molar-refractivity contribution in [1.82, 2.24) is 9.71 Å². The van der Waals surface area contributed by atoms with Crippen LogP contribution in [0.1, 0.15) is 23.7 Å². The topological polar surface area (TPSA) is 77.5 Å². The SMILES string of the molecule is O=S(=O)(N[C@H](c1ccccc1)c1ccccn1)c1ccc2c(c1)OCCCO2. The van der Waals surface area contributed by atoms with E-state index < -0.39 is 16.1 Å². The van der Waals surface area contributed by atoms with Crippen molar-refractivity contribution in [1.29, 1.82) is 0 Å². The lowest BCUT2D eigenvalue weighted by atomic mass is 10.0. The molecule has 2 heterocycles. The van der Waals surface area contributed by atoms with Gasteiger partial charge in [-0.15, -0.1) is 0 Å². The maximum Gasteiger partial charge on any atom is 0.241 e. The highest BCUT2D eigenvalue weighted by Gasteiger charge is 2.25. The van der Waals surface area contributed by atoms with Crippen molar-refractivity contribution in [3.63, 3.8) is 0 Å². The molecule has 0 saturated heterocycles. The van der Waals surface area contributed by atoms with Gasteiger partial charge in [0, 0.05) is 18.7 Å². The second-order valence-electron chi connectivity index (χ2n) is 6.38. The van der Waals surface area contributed by atoms with Crippen LogP contribution in [0.3, 0.4) is 0 Å². The molecular weight excluding hydrogens is 376 g/mol. The lowest BCUT2D eigenvalue weighted by molar-refractivity contribution is 0.297. The van der Waals surface area contributed by atoms with Crippen LogP contribution in [0.5, 0.6) is 11.5 Å². The van der Waals surface area contributed by atoms with Gasteiger partial charge in [-0.1, -0.05) is 36.4 Å². The zero-order valence-corrected chi connectivity index (χ0v) is 15.9. The third-order valence-electron chi connectivity index (χ3n) is 4.42. The van der Waals surface area contributed by atoms with E-state index in [1.54, 1.807) is 24.4 Å². The Morgan fingerprint density at radius 1 is 0.893 bits per heavy atom. The van der Waals surface area contributed by atoms with Crippen LogP contribution in [0.2, 0.25) is 0 Å². The molecule has 144 valence electrons. The first-order valence-electron chi connectivity index (χ1n) is 9.01. The minimum absolute atomic E-state index is 0.119. The fourth-order valence-corrected chi connectivity index (χ4v) is 4.24. The van der Waals surface area contributed by atoms with Crippen LogP contribution in [-0.4, -0.2) is 26.6 Å². The average Bonchev–Trinajstić information content (AvgIpc) is 2.98. The van der Waals surface area contributed by atoms with Crippen LogP contribution in [0.25, 0.3) is 0 Å². The van der Waals surface area contributed by atoms with Gasteiger partial charge in [0.1, 0.15) is 0 Å². The first-order valence-corrected chi connectivity index (χ1v) is 10.5. The van der Waals surface area contributed by atoms with E-state index in [1.807, 2.05) is 36.4 Å². The summed E-state index contributed by atoms with van der Waals surface area (Å²) in [6.07, 6.45) is 2.40. The molecule has 6 nitrogen and oxygen atoms in total. The van der Waals surface area contributed by atoms with Crippen LogP contribution in [0, 0.1) is 0 Å². The maximum absolute atomic E-state index is 13.1. The molecule has 3 aromatic rings. The van der Waals surface area contributed by atoms with Crippen molar-refractivity contribution < 1.29 is 17.9 Å². The lowest BCUT2D eigenvalue weighted by Gasteiger charge is -2.19. The van der Waals surface area contributed by atoms with Gasteiger partial charge >= 0.3 is 0 Å². The van der Waals surface area contributed by atoms with Crippen molar-refractivity contribution in [3.8, 4) is 11.5 Å². The third kappa shape index (κ3) is 4.00.